The number of hydrogen-bond acceptors (Lipinski definition) is 2. The maximum atomic E-state index is 9.65. The second kappa shape index (κ2) is 3.54. The van der Waals surface area contributed by atoms with Crippen molar-refractivity contribution in [2.45, 2.75) is 12.8 Å². The van der Waals surface area contributed by atoms with E-state index >= 15 is 0 Å². The number of nitrogens with zero attached hydrogens (tertiary/aromatic N) is 1. The zero-order valence-electron chi connectivity index (χ0n) is 7.94. The smallest absolute Gasteiger partial charge is 0.119 e. The molecule has 3 heteroatoms. The predicted molar refractivity (Wildman–Crippen MR) is 54.2 cm³/mol. The Morgan fingerprint density at radius 1 is 1.36 bits per heavy atom. The van der Waals surface area contributed by atoms with Gasteiger partial charge in [0.25, 0.3) is 0 Å². The van der Waals surface area contributed by atoms with E-state index in [9.17, 15) is 5.11 Å². The van der Waals surface area contributed by atoms with Gasteiger partial charge in [0.1, 0.15) is 5.75 Å². The van der Waals surface area contributed by atoms with Gasteiger partial charge in [-0.15, -0.1) is 0 Å². The Hall–Kier alpha value is -1.77. The van der Waals surface area contributed by atoms with Crippen molar-refractivity contribution in [1.82, 2.24) is 9.97 Å². The maximum Gasteiger partial charge on any atom is 0.119 e. The molecule has 0 bridgehead atoms. The Balaban J connectivity index is 2.37. The average Bonchev–Trinajstić information content (AvgIpc) is 2.70. The Kier molecular flexibility index (Phi) is 2.23. The topological polar surface area (TPSA) is 48.9 Å². The lowest BCUT2D eigenvalue weighted by atomic mass is 9.97. The number of benzene rings is 1. The summed E-state index contributed by atoms with van der Waals surface area (Å²) in [5, 5.41) is 9.65. The number of H-pyrrole nitrogens is 1. The molecule has 0 unspecified atom stereocenters. The molecular weight excluding hydrogens is 176 g/mol. The van der Waals surface area contributed by atoms with E-state index in [1.54, 1.807) is 18.6 Å². The molecule has 0 fully saturated rings. The summed E-state index contributed by atoms with van der Waals surface area (Å²) in [6.07, 6.45) is 3.42. The van der Waals surface area contributed by atoms with Gasteiger partial charge in [0.05, 0.1) is 6.33 Å². The van der Waals surface area contributed by atoms with Gasteiger partial charge in [-0.25, -0.2) is 4.98 Å². The minimum atomic E-state index is 0.138. The lowest BCUT2D eigenvalue weighted by molar-refractivity contribution is 0.466. The van der Waals surface area contributed by atoms with Crippen LogP contribution in [0.5, 0.6) is 5.75 Å². The van der Waals surface area contributed by atoms with Gasteiger partial charge in [-0.2, -0.15) is 0 Å². The summed E-state index contributed by atoms with van der Waals surface area (Å²) in [5.74, 6) is 0.466. The molecule has 1 aromatic carbocycles. The van der Waals surface area contributed by atoms with Crippen LogP contribution in [0.3, 0.4) is 0 Å². The zero-order chi connectivity index (χ0) is 9.97. The van der Waals surface area contributed by atoms with Crippen LogP contribution in [-0.2, 0) is 0 Å². The Morgan fingerprint density at radius 3 is 2.79 bits per heavy atom. The molecule has 1 aromatic heterocycles. The highest BCUT2D eigenvalue weighted by atomic mass is 16.3. The fraction of sp³-hybridized carbons (Fsp3) is 0.182. The summed E-state index contributed by atoms with van der Waals surface area (Å²) in [6, 6.07) is 7.35. The van der Waals surface area contributed by atoms with Gasteiger partial charge in [0.2, 0.25) is 0 Å². The molecule has 1 heterocycles. The van der Waals surface area contributed by atoms with Gasteiger partial charge in [0.15, 0.2) is 0 Å². The highest BCUT2D eigenvalue weighted by Crippen LogP contribution is 2.28. The highest BCUT2D eigenvalue weighted by Gasteiger charge is 2.12. The summed E-state index contributed by atoms with van der Waals surface area (Å²) in [7, 11) is 0. The van der Waals surface area contributed by atoms with Crippen molar-refractivity contribution < 1.29 is 5.11 Å². The molecule has 0 aliphatic carbocycles. The van der Waals surface area contributed by atoms with E-state index in [1.165, 1.54) is 0 Å². The molecule has 0 saturated heterocycles. The molecule has 3 nitrogen and oxygen atoms in total. The summed E-state index contributed by atoms with van der Waals surface area (Å²) >= 11 is 0. The van der Waals surface area contributed by atoms with E-state index in [2.05, 4.69) is 9.97 Å². The minimum Gasteiger partial charge on any atom is -0.508 e. The Labute approximate surface area is 82.4 Å². The van der Waals surface area contributed by atoms with Gasteiger partial charge in [-0.05, 0) is 6.07 Å². The van der Waals surface area contributed by atoms with Crippen LogP contribution in [0, 0.1) is 0 Å². The normalized spacial score (nSPS) is 12.6. The third kappa shape index (κ3) is 1.48. The number of hydrogen-bond donors (Lipinski definition) is 2. The van der Waals surface area contributed by atoms with Gasteiger partial charge >= 0.3 is 0 Å². The first-order chi connectivity index (χ1) is 6.79. The Bertz CT molecular complexity index is 409. The fourth-order valence-corrected chi connectivity index (χ4v) is 1.52. The van der Waals surface area contributed by atoms with Crippen molar-refractivity contribution in [3.05, 3.63) is 48.0 Å². The monoisotopic (exact) mass is 188 g/mol. The molecule has 2 aromatic rings. The van der Waals surface area contributed by atoms with Crippen molar-refractivity contribution in [2.24, 2.45) is 0 Å². The molecule has 2 N–H and O–H groups in total. The fourth-order valence-electron chi connectivity index (χ4n) is 1.52. The van der Waals surface area contributed by atoms with Crippen molar-refractivity contribution in [3.8, 4) is 5.75 Å². The lowest BCUT2D eigenvalue weighted by Crippen LogP contribution is -1.96. The number of phenolic OH excluding ortho intramolecular Hbond substituents is 1. The standard InChI is InChI=1S/C11H12N2O/c1-8(10-6-12-7-13-10)9-4-2-3-5-11(9)14/h2-8,14H,1H3,(H,12,13)/t8-/m0/s1. The second-order valence-corrected chi connectivity index (χ2v) is 3.29. The van der Waals surface area contributed by atoms with Crippen LogP contribution in [0.2, 0.25) is 0 Å². The van der Waals surface area contributed by atoms with Crippen LogP contribution in [-0.4, -0.2) is 15.1 Å². The molecule has 0 aliphatic rings. The van der Waals surface area contributed by atoms with Crippen molar-refractivity contribution in [1.29, 1.82) is 0 Å². The summed E-state index contributed by atoms with van der Waals surface area (Å²) < 4.78 is 0. The molecule has 0 radical (unpaired) electrons. The number of nitrogens with one attached hydrogen (secondary N) is 1. The van der Waals surface area contributed by atoms with Crippen LogP contribution >= 0.6 is 0 Å². The van der Waals surface area contributed by atoms with Crippen molar-refractivity contribution in [2.75, 3.05) is 0 Å². The molecule has 0 aliphatic heterocycles. The summed E-state index contributed by atoms with van der Waals surface area (Å²) in [6.45, 7) is 2.03. The number of aromatic hydroxyl groups is 1. The van der Waals surface area contributed by atoms with Crippen LogP contribution in [0.4, 0.5) is 0 Å². The van der Waals surface area contributed by atoms with E-state index in [-0.39, 0.29) is 5.92 Å². The zero-order valence-corrected chi connectivity index (χ0v) is 7.94. The van der Waals surface area contributed by atoms with Gasteiger partial charge in [-0.1, -0.05) is 25.1 Å². The van der Waals surface area contributed by atoms with E-state index < -0.39 is 0 Å². The van der Waals surface area contributed by atoms with E-state index in [1.807, 2.05) is 25.1 Å². The molecule has 1 atom stereocenters. The van der Waals surface area contributed by atoms with Gasteiger partial charge < -0.3 is 10.1 Å². The molecule has 14 heavy (non-hydrogen) atoms. The van der Waals surface area contributed by atoms with Crippen LogP contribution in [0.25, 0.3) is 0 Å². The number of aromatic amines is 1. The number of imidazole rings is 1. The molecule has 72 valence electrons. The predicted octanol–water partition coefficient (Wildman–Crippen LogP) is 2.27. The first-order valence-corrected chi connectivity index (χ1v) is 4.55. The highest BCUT2D eigenvalue weighted by molar-refractivity contribution is 5.38. The third-order valence-corrected chi connectivity index (χ3v) is 2.39. The molecule has 0 spiro atoms. The van der Waals surface area contributed by atoms with E-state index in [0.29, 0.717) is 5.75 Å². The first kappa shape index (κ1) is 8.81. The van der Waals surface area contributed by atoms with Crippen molar-refractivity contribution >= 4 is 0 Å². The average molecular weight is 188 g/mol. The number of aromatic nitrogens is 2. The molecule has 0 amide bonds. The molecular formula is C11H12N2O. The van der Waals surface area contributed by atoms with Gasteiger partial charge in [0, 0.05) is 23.4 Å². The SMILES string of the molecule is C[C@H](c1cnc[nH]1)c1ccccc1O. The van der Waals surface area contributed by atoms with Crippen LogP contribution in [0.1, 0.15) is 24.1 Å². The second-order valence-electron chi connectivity index (χ2n) is 3.29. The summed E-state index contributed by atoms with van der Waals surface area (Å²) in [5.41, 5.74) is 1.92. The first-order valence-electron chi connectivity index (χ1n) is 4.55. The number of phenols is 1. The number of para-hydroxylation sites is 1. The third-order valence-electron chi connectivity index (χ3n) is 2.39. The maximum absolute atomic E-state index is 9.65. The van der Waals surface area contributed by atoms with E-state index in [0.717, 1.165) is 11.3 Å². The largest absolute Gasteiger partial charge is 0.508 e. The summed E-state index contributed by atoms with van der Waals surface area (Å²) in [4.78, 5) is 7.00. The lowest BCUT2D eigenvalue weighted by Gasteiger charge is -2.10. The van der Waals surface area contributed by atoms with E-state index in [4.69, 9.17) is 0 Å². The molecule has 0 saturated carbocycles. The molecule has 2 rings (SSSR count). The Morgan fingerprint density at radius 2 is 2.14 bits per heavy atom. The van der Waals surface area contributed by atoms with Gasteiger partial charge in [-0.3, -0.25) is 0 Å². The van der Waals surface area contributed by atoms with Crippen LogP contribution in [0.15, 0.2) is 36.8 Å². The van der Waals surface area contributed by atoms with Crippen LogP contribution < -0.4 is 0 Å². The van der Waals surface area contributed by atoms with Crippen molar-refractivity contribution in [3.63, 3.8) is 0 Å². The minimum absolute atomic E-state index is 0.138. The quantitative estimate of drug-likeness (QED) is 0.759. The number of rotatable bonds is 2.